The molecule has 1 aliphatic rings. The van der Waals surface area contributed by atoms with Gasteiger partial charge in [-0.25, -0.2) is 12.8 Å². The van der Waals surface area contributed by atoms with Gasteiger partial charge >= 0.3 is 0 Å². The van der Waals surface area contributed by atoms with Gasteiger partial charge in [-0.05, 0) is 31.4 Å². The molecular formula is C15H20FNO3S. The number of benzene rings is 1. The highest BCUT2D eigenvalue weighted by Crippen LogP contribution is 2.36. The van der Waals surface area contributed by atoms with Crippen molar-refractivity contribution in [2.24, 2.45) is 5.41 Å². The summed E-state index contributed by atoms with van der Waals surface area (Å²) in [5, 5.41) is 9.64. The molecule has 0 saturated carbocycles. The molecule has 4 nitrogen and oxygen atoms in total. The Balaban J connectivity index is 2.33. The second kappa shape index (κ2) is 6.25. The van der Waals surface area contributed by atoms with Crippen LogP contribution in [0.3, 0.4) is 0 Å². The smallest absolute Gasteiger partial charge is 0.246 e. The Labute approximate surface area is 125 Å². The fourth-order valence-corrected chi connectivity index (χ4v) is 4.48. The van der Waals surface area contributed by atoms with E-state index in [-0.39, 0.29) is 18.0 Å². The van der Waals surface area contributed by atoms with Crippen molar-refractivity contribution in [1.29, 1.82) is 0 Å². The van der Waals surface area contributed by atoms with Crippen molar-refractivity contribution in [3.63, 3.8) is 0 Å². The molecule has 1 N–H and O–H groups in total. The molecule has 2 rings (SSSR count). The average Bonchev–Trinajstić information content (AvgIpc) is 2.48. The number of rotatable bonds is 5. The minimum absolute atomic E-state index is 0.109. The van der Waals surface area contributed by atoms with Gasteiger partial charge in [-0.15, -0.1) is 6.58 Å². The van der Waals surface area contributed by atoms with Crippen LogP contribution >= 0.6 is 0 Å². The number of allylic oxidation sites excluding steroid dienone is 1. The Kier molecular flexibility index (Phi) is 4.81. The van der Waals surface area contributed by atoms with E-state index >= 15 is 0 Å². The van der Waals surface area contributed by atoms with Crippen molar-refractivity contribution in [2.75, 3.05) is 19.7 Å². The molecule has 21 heavy (non-hydrogen) atoms. The Bertz CT molecular complexity index is 617. The van der Waals surface area contributed by atoms with Gasteiger partial charge in [-0.1, -0.05) is 18.2 Å². The van der Waals surface area contributed by atoms with Crippen LogP contribution in [0.15, 0.2) is 41.8 Å². The molecule has 1 aromatic carbocycles. The number of sulfonamides is 1. The van der Waals surface area contributed by atoms with E-state index in [2.05, 4.69) is 6.58 Å². The van der Waals surface area contributed by atoms with Crippen molar-refractivity contribution >= 4 is 10.0 Å². The summed E-state index contributed by atoms with van der Waals surface area (Å²) in [5.41, 5.74) is -0.516. The highest BCUT2D eigenvalue weighted by atomic mass is 32.2. The number of aliphatic hydroxyl groups excluding tert-OH is 1. The molecule has 1 aliphatic heterocycles. The number of nitrogens with zero attached hydrogens (tertiary/aromatic N) is 1. The fraction of sp³-hybridized carbons (Fsp3) is 0.467. The lowest BCUT2D eigenvalue weighted by Gasteiger charge is -2.40. The van der Waals surface area contributed by atoms with Gasteiger partial charge in [0, 0.05) is 18.5 Å². The second-order valence-electron chi connectivity index (χ2n) is 5.52. The summed E-state index contributed by atoms with van der Waals surface area (Å²) in [7, 11) is -3.88. The molecule has 1 aromatic rings. The summed E-state index contributed by atoms with van der Waals surface area (Å²) in [5.74, 6) is -0.749. The summed E-state index contributed by atoms with van der Waals surface area (Å²) >= 11 is 0. The van der Waals surface area contributed by atoms with Crippen molar-refractivity contribution in [1.82, 2.24) is 4.31 Å². The minimum Gasteiger partial charge on any atom is -0.396 e. The maximum Gasteiger partial charge on any atom is 0.246 e. The SMILES string of the molecule is C=CCC1(CO)CCCN(S(=O)(=O)c2ccccc2F)C1. The average molecular weight is 313 g/mol. The largest absolute Gasteiger partial charge is 0.396 e. The van der Waals surface area contributed by atoms with Crippen LogP contribution < -0.4 is 0 Å². The highest BCUT2D eigenvalue weighted by molar-refractivity contribution is 7.89. The Morgan fingerprint density at radius 1 is 1.43 bits per heavy atom. The third-order valence-electron chi connectivity index (χ3n) is 3.99. The summed E-state index contributed by atoms with van der Waals surface area (Å²) in [6.45, 7) is 4.09. The summed E-state index contributed by atoms with van der Waals surface area (Å²) in [6.07, 6.45) is 3.60. The summed E-state index contributed by atoms with van der Waals surface area (Å²) in [4.78, 5) is -0.308. The van der Waals surface area contributed by atoms with Crippen LogP contribution in [0, 0.1) is 11.2 Å². The molecule has 0 aromatic heterocycles. The van der Waals surface area contributed by atoms with Crippen LogP contribution in [-0.4, -0.2) is 37.5 Å². The molecule has 1 atom stereocenters. The Morgan fingerprint density at radius 2 is 2.14 bits per heavy atom. The van der Waals surface area contributed by atoms with Crippen LogP contribution in [-0.2, 0) is 10.0 Å². The molecule has 1 saturated heterocycles. The molecule has 0 radical (unpaired) electrons. The van der Waals surface area contributed by atoms with E-state index in [1.54, 1.807) is 6.08 Å². The van der Waals surface area contributed by atoms with Gasteiger partial charge in [0.15, 0.2) is 0 Å². The van der Waals surface area contributed by atoms with Crippen LogP contribution in [0.5, 0.6) is 0 Å². The van der Waals surface area contributed by atoms with Gasteiger partial charge in [0.05, 0.1) is 6.61 Å². The van der Waals surface area contributed by atoms with E-state index in [9.17, 15) is 17.9 Å². The zero-order valence-electron chi connectivity index (χ0n) is 11.8. The lowest BCUT2D eigenvalue weighted by molar-refractivity contribution is 0.0669. The molecule has 0 spiro atoms. The first kappa shape index (κ1) is 16.1. The van der Waals surface area contributed by atoms with E-state index in [0.29, 0.717) is 19.4 Å². The monoisotopic (exact) mass is 313 g/mol. The van der Waals surface area contributed by atoms with Gasteiger partial charge in [0.1, 0.15) is 10.7 Å². The van der Waals surface area contributed by atoms with Crippen molar-refractivity contribution < 1.29 is 17.9 Å². The van der Waals surface area contributed by atoms with Gasteiger partial charge in [-0.3, -0.25) is 0 Å². The summed E-state index contributed by atoms with van der Waals surface area (Å²) < 4.78 is 40.3. The molecular weight excluding hydrogens is 293 g/mol. The van der Waals surface area contributed by atoms with Crippen molar-refractivity contribution in [2.45, 2.75) is 24.2 Å². The minimum atomic E-state index is -3.88. The molecule has 0 bridgehead atoms. The number of piperidine rings is 1. The number of hydrogen-bond acceptors (Lipinski definition) is 3. The number of aliphatic hydroxyl groups is 1. The Morgan fingerprint density at radius 3 is 2.76 bits per heavy atom. The molecule has 116 valence electrons. The van der Waals surface area contributed by atoms with Crippen LogP contribution in [0.25, 0.3) is 0 Å². The molecule has 0 aliphatic carbocycles. The third kappa shape index (κ3) is 3.17. The predicted octanol–water partition coefficient (Wildman–Crippen LogP) is 2.17. The van der Waals surface area contributed by atoms with Crippen molar-refractivity contribution in [3.05, 3.63) is 42.7 Å². The van der Waals surface area contributed by atoms with Crippen LogP contribution in [0.2, 0.25) is 0 Å². The molecule has 6 heteroatoms. The van der Waals surface area contributed by atoms with Gasteiger partial charge in [0.2, 0.25) is 10.0 Å². The molecule has 1 heterocycles. The number of hydrogen-bond donors (Lipinski definition) is 1. The maximum atomic E-state index is 13.8. The first-order chi connectivity index (χ1) is 9.95. The maximum absolute atomic E-state index is 13.8. The van der Waals surface area contributed by atoms with Gasteiger partial charge in [-0.2, -0.15) is 4.31 Å². The van der Waals surface area contributed by atoms with Gasteiger partial charge in [0.25, 0.3) is 0 Å². The van der Waals surface area contributed by atoms with E-state index in [4.69, 9.17) is 0 Å². The lowest BCUT2D eigenvalue weighted by atomic mass is 9.79. The molecule has 1 fully saturated rings. The van der Waals surface area contributed by atoms with E-state index in [0.717, 1.165) is 12.5 Å². The predicted molar refractivity (Wildman–Crippen MR) is 78.7 cm³/mol. The zero-order chi connectivity index (χ0) is 15.5. The first-order valence-corrected chi connectivity index (χ1v) is 8.36. The quantitative estimate of drug-likeness (QED) is 0.848. The zero-order valence-corrected chi connectivity index (χ0v) is 12.7. The number of halogens is 1. The van der Waals surface area contributed by atoms with Crippen LogP contribution in [0.4, 0.5) is 4.39 Å². The standard InChI is InChI=1S/C15H20FNO3S/c1-2-8-15(12-18)9-5-10-17(11-15)21(19,20)14-7-4-3-6-13(14)16/h2-4,6-7,18H,1,5,8-12H2. The van der Waals surface area contributed by atoms with Gasteiger partial charge < -0.3 is 5.11 Å². The van der Waals surface area contributed by atoms with E-state index < -0.39 is 21.3 Å². The lowest BCUT2D eigenvalue weighted by Crippen LogP contribution is -2.47. The Hall–Kier alpha value is -1.24. The van der Waals surface area contributed by atoms with E-state index in [1.807, 2.05) is 0 Å². The van der Waals surface area contributed by atoms with Crippen molar-refractivity contribution in [3.8, 4) is 0 Å². The normalized spacial score (nSPS) is 23.9. The second-order valence-corrected chi connectivity index (χ2v) is 7.43. The highest BCUT2D eigenvalue weighted by Gasteiger charge is 2.39. The van der Waals surface area contributed by atoms with Crippen LogP contribution in [0.1, 0.15) is 19.3 Å². The fourth-order valence-electron chi connectivity index (χ4n) is 2.83. The topological polar surface area (TPSA) is 57.6 Å². The third-order valence-corrected chi connectivity index (χ3v) is 5.87. The van der Waals surface area contributed by atoms with E-state index in [1.165, 1.54) is 22.5 Å². The molecule has 0 amide bonds. The summed E-state index contributed by atoms with van der Waals surface area (Å²) in [6, 6.07) is 5.37. The first-order valence-electron chi connectivity index (χ1n) is 6.92. The molecule has 1 unspecified atom stereocenters.